The molecule has 0 saturated heterocycles. The summed E-state index contributed by atoms with van der Waals surface area (Å²) in [5.41, 5.74) is 1.29. The standard InChI is InChI=1S/C15H18BrNO/c1-2-3-4-9-18-15-8-5-12(10-14(15)16)11-17-13-6-7-13/h5,8,10,13,17H,4,6-7,9,11H2,1H3. The van der Waals surface area contributed by atoms with E-state index in [-0.39, 0.29) is 0 Å². The Morgan fingerprint density at radius 2 is 2.28 bits per heavy atom. The fraction of sp³-hybridized carbons (Fsp3) is 0.467. The first-order valence-corrected chi connectivity index (χ1v) is 7.13. The van der Waals surface area contributed by atoms with Crippen LogP contribution in [0.2, 0.25) is 0 Å². The van der Waals surface area contributed by atoms with Gasteiger partial charge in [0.05, 0.1) is 11.1 Å². The molecular weight excluding hydrogens is 290 g/mol. The van der Waals surface area contributed by atoms with Gasteiger partial charge in [-0.3, -0.25) is 0 Å². The topological polar surface area (TPSA) is 21.3 Å². The summed E-state index contributed by atoms with van der Waals surface area (Å²) in [5, 5.41) is 3.50. The molecule has 3 heteroatoms. The summed E-state index contributed by atoms with van der Waals surface area (Å²) >= 11 is 3.55. The summed E-state index contributed by atoms with van der Waals surface area (Å²) in [6.45, 7) is 3.42. The average Bonchev–Trinajstić information content (AvgIpc) is 3.18. The van der Waals surface area contributed by atoms with Crippen molar-refractivity contribution in [1.29, 1.82) is 0 Å². The maximum Gasteiger partial charge on any atom is 0.133 e. The molecule has 1 aromatic carbocycles. The van der Waals surface area contributed by atoms with Crippen molar-refractivity contribution in [3.8, 4) is 17.6 Å². The SMILES string of the molecule is CC#CCCOc1ccc(CNC2CC2)cc1Br. The van der Waals surface area contributed by atoms with Crippen molar-refractivity contribution < 1.29 is 4.74 Å². The Morgan fingerprint density at radius 1 is 1.44 bits per heavy atom. The molecule has 1 fully saturated rings. The molecule has 0 spiro atoms. The van der Waals surface area contributed by atoms with E-state index in [1.165, 1.54) is 18.4 Å². The highest BCUT2D eigenvalue weighted by atomic mass is 79.9. The first-order valence-electron chi connectivity index (χ1n) is 6.34. The number of halogens is 1. The van der Waals surface area contributed by atoms with Gasteiger partial charge >= 0.3 is 0 Å². The second-order valence-electron chi connectivity index (χ2n) is 4.45. The Labute approximate surface area is 117 Å². The van der Waals surface area contributed by atoms with Gasteiger partial charge in [0.25, 0.3) is 0 Å². The fourth-order valence-electron chi connectivity index (χ4n) is 1.66. The van der Waals surface area contributed by atoms with E-state index in [2.05, 4.69) is 45.2 Å². The summed E-state index contributed by atoms with van der Waals surface area (Å²) in [5.74, 6) is 6.74. The zero-order valence-corrected chi connectivity index (χ0v) is 12.2. The molecule has 1 N–H and O–H groups in total. The fourth-order valence-corrected chi connectivity index (χ4v) is 2.20. The van der Waals surface area contributed by atoms with Crippen LogP contribution in [-0.4, -0.2) is 12.6 Å². The number of hydrogen-bond donors (Lipinski definition) is 1. The molecule has 18 heavy (non-hydrogen) atoms. The second kappa shape index (κ2) is 6.82. The van der Waals surface area contributed by atoms with E-state index < -0.39 is 0 Å². The van der Waals surface area contributed by atoms with Gasteiger partial charge in [0.2, 0.25) is 0 Å². The first-order chi connectivity index (χ1) is 8.79. The molecule has 2 nitrogen and oxygen atoms in total. The van der Waals surface area contributed by atoms with E-state index in [1.807, 2.05) is 13.0 Å². The highest BCUT2D eigenvalue weighted by Crippen LogP contribution is 2.27. The molecule has 2 rings (SSSR count). The number of rotatable bonds is 6. The van der Waals surface area contributed by atoms with Crippen LogP contribution in [0.25, 0.3) is 0 Å². The molecular formula is C15H18BrNO. The summed E-state index contributed by atoms with van der Waals surface area (Å²) in [7, 11) is 0. The third-order valence-corrected chi connectivity index (χ3v) is 3.45. The van der Waals surface area contributed by atoms with E-state index in [0.717, 1.165) is 29.2 Å². The normalized spacial score (nSPS) is 13.9. The second-order valence-corrected chi connectivity index (χ2v) is 5.30. The minimum absolute atomic E-state index is 0.638. The van der Waals surface area contributed by atoms with Crippen LogP contribution in [0, 0.1) is 11.8 Å². The largest absolute Gasteiger partial charge is 0.491 e. The third-order valence-electron chi connectivity index (χ3n) is 2.83. The number of benzene rings is 1. The molecule has 0 aliphatic heterocycles. The van der Waals surface area contributed by atoms with E-state index in [1.54, 1.807) is 0 Å². The lowest BCUT2D eigenvalue weighted by Gasteiger charge is -2.09. The zero-order valence-electron chi connectivity index (χ0n) is 10.6. The van der Waals surface area contributed by atoms with Crippen LogP contribution in [0.15, 0.2) is 22.7 Å². The molecule has 0 bridgehead atoms. The summed E-state index contributed by atoms with van der Waals surface area (Å²) in [6.07, 6.45) is 3.41. The van der Waals surface area contributed by atoms with E-state index in [4.69, 9.17) is 4.74 Å². The van der Waals surface area contributed by atoms with Crippen LogP contribution in [0.1, 0.15) is 31.7 Å². The van der Waals surface area contributed by atoms with Crippen molar-refractivity contribution in [1.82, 2.24) is 5.32 Å². The maximum atomic E-state index is 5.66. The molecule has 0 aromatic heterocycles. The van der Waals surface area contributed by atoms with Crippen molar-refractivity contribution in [3.63, 3.8) is 0 Å². The summed E-state index contributed by atoms with van der Waals surface area (Å²) < 4.78 is 6.68. The van der Waals surface area contributed by atoms with Crippen molar-refractivity contribution in [2.45, 2.75) is 38.8 Å². The van der Waals surface area contributed by atoms with Crippen LogP contribution in [-0.2, 0) is 6.54 Å². The lowest BCUT2D eigenvalue weighted by atomic mass is 10.2. The minimum Gasteiger partial charge on any atom is -0.491 e. The number of nitrogens with one attached hydrogen (secondary N) is 1. The average molecular weight is 308 g/mol. The van der Waals surface area contributed by atoms with Crippen molar-refractivity contribution in [2.75, 3.05) is 6.61 Å². The van der Waals surface area contributed by atoms with Crippen LogP contribution in [0.3, 0.4) is 0 Å². The molecule has 0 amide bonds. The molecule has 1 saturated carbocycles. The smallest absolute Gasteiger partial charge is 0.133 e. The lowest BCUT2D eigenvalue weighted by Crippen LogP contribution is -2.15. The molecule has 1 aromatic rings. The Balaban J connectivity index is 1.84. The number of ether oxygens (including phenoxy) is 1. The molecule has 96 valence electrons. The van der Waals surface area contributed by atoms with Gasteiger partial charge in [-0.2, -0.15) is 0 Å². The van der Waals surface area contributed by atoms with Gasteiger partial charge in [-0.1, -0.05) is 6.07 Å². The predicted octanol–water partition coefficient (Wildman–Crippen LogP) is 3.49. The Kier molecular flexibility index (Phi) is 5.10. The predicted molar refractivity (Wildman–Crippen MR) is 77.6 cm³/mol. The molecule has 0 unspecified atom stereocenters. The summed E-state index contributed by atoms with van der Waals surface area (Å²) in [6, 6.07) is 7.00. The van der Waals surface area contributed by atoms with Crippen LogP contribution >= 0.6 is 15.9 Å². The highest BCUT2D eigenvalue weighted by Gasteiger charge is 2.19. The Hall–Kier alpha value is -0.980. The molecule has 0 atom stereocenters. The van der Waals surface area contributed by atoms with Gasteiger partial charge in [-0.15, -0.1) is 11.8 Å². The quantitative estimate of drug-likeness (QED) is 0.641. The lowest BCUT2D eigenvalue weighted by molar-refractivity contribution is 0.325. The Bertz CT molecular complexity index is 457. The highest BCUT2D eigenvalue weighted by molar-refractivity contribution is 9.10. The number of hydrogen-bond acceptors (Lipinski definition) is 2. The molecule has 1 aliphatic carbocycles. The van der Waals surface area contributed by atoms with Gasteiger partial charge in [-0.05, 0) is 53.4 Å². The molecule has 0 radical (unpaired) electrons. The van der Waals surface area contributed by atoms with Crippen LogP contribution in [0.4, 0.5) is 0 Å². The minimum atomic E-state index is 0.638. The van der Waals surface area contributed by atoms with E-state index in [9.17, 15) is 0 Å². The van der Waals surface area contributed by atoms with Gasteiger partial charge < -0.3 is 10.1 Å². The Morgan fingerprint density at radius 3 is 2.94 bits per heavy atom. The van der Waals surface area contributed by atoms with E-state index >= 15 is 0 Å². The van der Waals surface area contributed by atoms with Crippen LogP contribution < -0.4 is 10.1 Å². The third kappa shape index (κ3) is 4.36. The van der Waals surface area contributed by atoms with Crippen molar-refractivity contribution >= 4 is 15.9 Å². The maximum absolute atomic E-state index is 5.66. The van der Waals surface area contributed by atoms with E-state index in [0.29, 0.717) is 6.61 Å². The van der Waals surface area contributed by atoms with Gasteiger partial charge in [-0.25, -0.2) is 0 Å². The van der Waals surface area contributed by atoms with Gasteiger partial charge in [0.1, 0.15) is 5.75 Å². The van der Waals surface area contributed by atoms with Gasteiger partial charge in [0.15, 0.2) is 0 Å². The molecule has 0 heterocycles. The summed E-state index contributed by atoms with van der Waals surface area (Å²) in [4.78, 5) is 0. The van der Waals surface area contributed by atoms with Crippen LogP contribution in [0.5, 0.6) is 5.75 Å². The monoisotopic (exact) mass is 307 g/mol. The first kappa shape index (κ1) is 13.5. The van der Waals surface area contributed by atoms with Crippen molar-refractivity contribution in [2.24, 2.45) is 0 Å². The zero-order chi connectivity index (χ0) is 12.8. The molecule has 1 aliphatic rings. The van der Waals surface area contributed by atoms with Crippen molar-refractivity contribution in [3.05, 3.63) is 28.2 Å². The van der Waals surface area contributed by atoms with Gasteiger partial charge in [0, 0.05) is 19.0 Å².